The van der Waals surface area contributed by atoms with E-state index in [-0.39, 0.29) is 34.7 Å². The number of fused-ring (bicyclic) bond motifs is 1. The highest BCUT2D eigenvalue weighted by atomic mass is 19.3. The Kier molecular flexibility index (Phi) is 5.19. The van der Waals surface area contributed by atoms with Crippen molar-refractivity contribution in [3.8, 4) is 11.5 Å². The number of H-pyrrole nitrogens is 1. The summed E-state index contributed by atoms with van der Waals surface area (Å²) in [7, 11) is 0. The third-order valence-corrected chi connectivity index (χ3v) is 4.14. The highest BCUT2D eigenvalue weighted by Crippen LogP contribution is 2.29. The molecular formula is C19H13F4N7O. The van der Waals surface area contributed by atoms with Crippen LogP contribution < -0.4 is 10.6 Å². The Labute approximate surface area is 171 Å². The molecule has 4 aromatic rings. The lowest BCUT2D eigenvalue weighted by Crippen LogP contribution is -2.08. The average Bonchev–Trinajstić information content (AvgIpc) is 3.19. The van der Waals surface area contributed by atoms with E-state index in [1.807, 2.05) is 0 Å². The Morgan fingerprint density at radius 2 is 1.90 bits per heavy atom. The molecule has 0 aliphatic heterocycles. The van der Waals surface area contributed by atoms with Crippen LogP contribution in [-0.4, -0.2) is 30.8 Å². The zero-order chi connectivity index (χ0) is 22.1. The molecule has 0 fully saturated rings. The van der Waals surface area contributed by atoms with Crippen LogP contribution in [0.3, 0.4) is 0 Å². The second-order valence-electron chi connectivity index (χ2n) is 6.36. The summed E-state index contributed by atoms with van der Waals surface area (Å²) in [4.78, 5) is 29.9. The summed E-state index contributed by atoms with van der Waals surface area (Å²) in [5, 5.41) is 5.69. The van der Waals surface area contributed by atoms with Gasteiger partial charge in [0.05, 0.1) is 17.3 Å². The molecule has 0 atom stereocenters. The maximum Gasteiger partial charge on any atom is 0.283 e. The van der Waals surface area contributed by atoms with E-state index in [2.05, 4.69) is 35.6 Å². The molecule has 0 aromatic carbocycles. The summed E-state index contributed by atoms with van der Waals surface area (Å²) in [6.45, 7) is 1.28. The number of aromatic amines is 1. The Balaban J connectivity index is 1.79. The predicted octanol–water partition coefficient (Wildman–Crippen LogP) is 4.33. The molecular weight excluding hydrogens is 418 g/mol. The minimum atomic E-state index is -3.12. The predicted molar refractivity (Wildman–Crippen MR) is 104 cm³/mol. The van der Waals surface area contributed by atoms with E-state index in [0.29, 0.717) is 11.0 Å². The number of carbonyl (C=O) groups is 1. The maximum absolute atomic E-state index is 14.3. The van der Waals surface area contributed by atoms with Gasteiger partial charge in [0.15, 0.2) is 17.5 Å². The second-order valence-corrected chi connectivity index (χ2v) is 6.36. The summed E-state index contributed by atoms with van der Waals surface area (Å²) >= 11 is 0. The number of hydrogen-bond donors (Lipinski definition) is 3. The third-order valence-electron chi connectivity index (χ3n) is 4.14. The summed E-state index contributed by atoms with van der Waals surface area (Å²) in [5.74, 6) is -2.11. The molecule has 0 saturated carbocycles. The van der Waals surface area contributed by atoms with Crippen molar-refractivity contribution in [1.29, 1.82) is 0 Å². The number of pyridine rings is 2. The molecule has 4 aromatic heterocycles. The molecule has 0 aliphatic carbocycles. The minimum absolute atomic E-state index is 0.0498. The number of hydrogen-bond acceptors (Lipinski definition) is 6. The van der Waals surface area contributed by atoms with Gasteiger partial charge in [0.25, 0.3) is 6.43 Å². The summed E-state index contributed by atoms with van der Waals surface area (Å²) in [6.07, 6.45) is -0.645. The number of halogens is 4. The first-order chi connectivity index (χ1) is 14.8. The van der Waals surface area contributed by atoms with Gasteiger partial charge in [-0.3, -0.25) is 4.79 Å². The van der Waals surface area contributed by atoms with Gasteiger partial charge >= 0.3 is 0 Å². The number of nitrogens with one attached hydrogen (secondary N) is 3. The van der Waals surface area contributed by atoms with Gasteiger partial charge < -0.3 is 15.6 Å². The van der Waals surface area contributed by atoms with Crippen LogP contribution in [0.4, 0.5) is 34.9 Å². The van der Waals surface area contributed by atoms with Crippen LogP contribution in [0.5, 0.6) is 0 Å². The van der Waals surface area contributed by atoms with Gasteiger partial charge in [-0.25, -0.2) is 37.5 Å². The first kappa shape index (κ1) is 20.2. The van der Waals surface area contributed by atoms with E-state index in [9.17, 15) is 22.4 Å². The van der Waals surface area contributed by atoms with Gasteiger partial charge in [-0.15, -0.1) is 0 Å². The van der Waals surface area contributed by atoms with E-state index in [4.69, 9.17) is 0 Å². The summed E-state index contributed by atoms with van der Waals surface area (Å²) < 4.78 is 54.0. The van der Waals surface area contributed by atoms with Crippen LogP contribution in [0.2, 0.25) is 0 Å². The molecule has 0 aliphatic rings. The summed E-state index contributed by atoms with van der Waals surface area (Å²) in [6, 6.07) is 4.90. The Bertz CT molecular complexity index is 1290. The van der Waals surface area contributed by atoms with Crippen LogP contribution in [-0.2, 0) is 4.79 Å². The van der Waals surface area contributed by atoms with Gasteiger partial charge in [-0.05, 0) is 18.2 Å². The first-order valence-corrected chi connectivity index (χ1v) is 8.82. The van der Waals surface area contributed by atoms with Crippen LogP contribution in [0, 0.1) is 11.6 Å². The SMILES string of the molecule is CC(=O)Nc1cc(Nc2nc(-c3ccc(F)c(C(F)F)n3)nc3[nH]ccc23)c(F)cn1. The highest BCUT2D eigenvalue weighted by Gasteiger charge is 2.19. The van der Waals surface area contributed by atoms with E-state index in [1.54, 1.807) is 12.3 Å². The van der Waals surface area contributed by atoms with Crippen molar-refractivity contribution in [2.24, 2.45) is 0 Å². The average molecular weight is 431 g/mol. The van der Waals surface area contributed by atoms with Crippen molar-refractivity contribution in [3.63, 3.8) is 0 Å². The largest absolute Gasteiger partial charge is 0.346 e. The number of anilines is 3. The van der Waals surface area contributed by atoms with Gasteiger partial charge in [0, 0.05) is 19.2 Å². The van der Waals surface area contributed by atoms with Crippen molar-refractivity contribution >= 4 is 34.3 Å². The van der Waals surface area contributed by atoms with Crippen molar-refractivity contribution < 1.29 is 22.4 Å². The lowest BCUT2D eigenvalue weighted by Gasteiger charge is -2.11. The Morgan fingerprint density at radius 3 is 2.65 bits per heavy atom. The number of carbonyl (C=O) groups excluding carboxylic acids is 1. The van der Waals surface area contributed by atoms with Crippen molar-refractivity contribution in [2.45, 2.75) is 13.3 Å². The summed E-state index contributed by atoms with van der Waals surface area (Å²) in [5.41, 5.74) is -0.854. The maximum atomic E-state index is 14.3. The molecule has 158 valence electrons. The second kappa shape index (κ2) is 7.97. The van der Waals surface area contributed by atoms with Gasteiger partial charge in [-0.2, -0.15) is 0 Å². The lowest BCUT2D eigenvalue weighted by atomic mass is 10.2. The van der Waals surface area contributed by atoms with Crippen LogP contribution in [0.15, 0.2) is 36.7 Å². The molecule has 0 bridgehead atoms. The van der Waals surface area contributed by atoms with Crippen molar-refractivity contribution in [1.82, 2.24) is 24.9 Å². The van der Waals surface area contributed by atoms with Crippen LogP contribution >= 0.6 is 0 Å². The molecule has 0 radical (unpaired) electrons. The number of aromatic nitrogens is 5. The third kappa shape index (κ3) is 4.13. The standard InChI is InChI=1S/C19H13F4N7O/c1-8(31)26-14-6-13(11(21)7-25-14)28-18-9-4-5-24-17(9)29-19(30-18)12-3-2-10(20)15(27-12)16(22)23/h2-7,16H,1H3,(H3,24,25,26,28,29,30,31). The Hall–Kier alpha value is -4.09. The topological polar surface area (TPSA) is 108 Å². The fourth-order valence-electron chi connectivity index (χ4n) is 2.80. The zero-order valence-electron chi connectivity index (χ0n) is 15.8. The zero-order valence-corrected chi connectivity index (χ0v) is 15.8. The van der Waals surface area contributed by atoms with E-state index in [0.717, 1.165) is 18.3 Å². The monoisotopic (exact) mass is 431 g/mol. The molecule has 4 rings (SSSR count). The van der Waals surface area contributed by atoms with E-state index in [1.165, 1.54) is 13.0 Å². The number of amides is 1. The highest BCUT2D eigenvalue weighted by molar-refractivity contribution is 5.91. The number of rotatable bonds is 5. The number of alkyl halides is 2. The fourth-order valence-corrected chi connectivity index (χ4v) is 2.80. The first-order valence-electron chi connectivity index (χ1n) is 8.82. The van der Waals surface area contributed by atoms with E-state index < -0.39 is 23.8 Å². The molecule has 0 saturated heterocycles. The smallest absolute Gasteiger partial charge is 0.283 e. The molecule has 0 unspecified atom stereocenters. The van der Waals surface area contributed by atoms with Crippen LogP contribution in [0.25, 0.3) is 22.6 Å². The molecule has 1 amide bonds. The van der Waals surface area contributed by atoms with Gasteiger partial charge in [-0.1, -0.05) is 0 Å². The molecule has 12 heteroatoms. The molecule has 3 N–H and O–H groups in total. The van der Waals surface area contributed by atoms with E-state index >= 15 is 0 Å². The molecule has 0 spiro atoms. The lowest BCUT2D eigenvalue weighted by molar-refractivity contribution is -0.114. The molecule has 31 heavy (non-hydrogen) atoms. The number of nitrogens with zero attached hydrogens (tertiary/aromatic N) is 4. The normalized spacial score (nSPS) is 11.2. The van der Waals surface area contributed by atoms with Gasteiger partial charge in [0.1, 0.15) is 28.7 Å². The molecule has 4 heterocycles. The van der Waals surface area contributed by atoms with Gasteiger partial charge in [0.2, 0.25) is 5.91 Å². The fraction of sp³-hybridized carbons (Fsp3) is 0.105. The van der Waals surface area contributed by atoms with Crippen molar-refractivity contribution in [3.05, 3.63) is 54.0 Å². The van der Waals surface area contributed by atoms with Crippen molar-refractivity contribution in [2.75, 3.05) is 10.6 Å². The minimum Gasteiger partial charge on any atom is -0.346 e. The Morgan fingerprint density at radius 1 is 1.10 bits per heavy atom. The molecule has 8 nitrogen and oxygen atoms in total. The van der Waals surface area contributed by atoms with Crippen LogP contribution in [0.1, 0.15) is 19.0 Å². The quantitative estimate of drug-likeness (QED) is 0.406.